The number of esters is 2. The van der Waals surface area contributed by atoms with Crippen LogP contribution in [0.2, 0.25) is 0 Å². The molecule has 0 heterocycles. The number of methoxy groups -OCH3 is 1. The summed E-state index contributed by atoms with van der Waals surface area (Å²) in [6.45, 7) is 2.69. The van der Waals surface area contributed by atoms with Gasteiger partial charge >= 0.3 is 11.9 Å². The molecule has 2 bridgehead atoms. The van der Waals surface area contributed by atoms with Crippen molar-refractivity contribution in [2.24, 2.45) is 5.41 Å². The molecule has 4 atom stereocenters. The smallest absolute Gasteiger partial charge is 0.342 e. The van der Waals surface area contributed by atoms with Crippen LogP contribution in [-0.2, 0) is 25.5 Å². The third-order valence-corrected chi connectivity index (χ3v) is 8.98. The van der Waals surface area contributed by atoms with Gasteiger partial charge in [-0.15, -0.1) is 0 Å². The molecule has 4 aliphatic carbocycles. The van der Waals surface area contributed by atoms with Gasteiger partial charge in [-0.1, -0.05) is 18.2 Å². The highest BCUT2D eigenvalue weighted by Crippen LogP contribution is 2.63. The maximum absolute atomic E-state index is 14.3. The van der Waals surface area contributed by atoms with E-state index in [1.165, 1.54) is 24.3 Å². The highest BCUT2D eigenvalue weighted by molar-refractivity contribution is 6.24. The number of fused-ring (bicyclic) bond motifs is 1. The van der Waals surface area contributed by atoms with Crippen molar-refractivity contribution in [2.45, 2.75) is 37.9 Å². The molecule has 1 unspecified atom stereocenters. The summed E-state index contributed by atoms with van der Waals surface area (Å²) in [6, 6.07) is 5.55. The van der Waals surface area contributed by atoms with Crippen LogP contribution in [0.4, 0.5) is 0 Å². The van der Waals surface area contributed by atoms with Gasteiger partial charge in [0.1, 0.15) is 46.0 Å². The van der Waals surface area contributed by atoms with Crippen molar-refractivity contribution in [1.82, 2.24) is 0 Å². The highest BCUT2D eigenvalue weighted by atomic mass is 16.5. The molecule has 0 amide bonds. The van der Waals surface area contributed by atoms with Crippen LogP contribution in [0.3, 0.4) is 0 Å². The second-order valence-electron chi connectivity index (χ2n) is 11.6. The number of rotatable bonds is 4. The van der Waals surface area contributed by atoms with Crippen LogP contribution in [0.25, 0.3) is 0 Å². The largest absolute Gasteiger partial charge is 0.507 e. The third-order valence-electron chi connectivity index (χ3n) is 8.98. The minimum absolute atomic E-state index is 0.00979. The lowest BCUT2D eigenvalue weighted by Gasteiger charge is -2.52. The quantitative estimate of drug-likeness (QED) is 0.0802. The number of ether oxygens (including phenoxy) is 2. The van der Waals surface area contributed by atoms with E-state index < -0.39 is 110 Å². The van der Waals surface area contributed by atoms with Crippen molar-refractivity contribution in [3.8, 4) is 28.7 Å². The van der Waals surface area contributed by atoms with Crippen LogP contribution in [0, 0.1) is 12.3 Å². The summed E-state index contributed by atoms with van der Waals surface area (Å²) in [5.74, 6) is -11.3. The summed E-state index contributed by atoms with van der Waals surface area (Å²) in [5.41, 5.74) is -7.69. The summed E-state index contributed by atoms with van der Waals surface area (Å²) in [7, 11) is 0.958. The molecule has 0 radical (unpaired) electrons. The van der Waals surface area contributed by atoms with Gasteiger partial charge in [0.25, 0.3) is 0 Å². The van der Waals surface area contributed by atoms with Crippen LogP contribution >= 0.6 is 0 Å². The molecule has 0 aromatic heterocycles. The SMILES string of the molecule is COC(=O)c1c(O)ccc(O)c1C(=O)c1c(O)cc2c(c1O)[C@@H]1C=C[C@@]3(C2)[C@@H](OC(C)=O)c2cc(C)cc(O)c2C(=O)C3(O)C1=O. The molecule has 0 fully saturated rings. The van der Waals surface area contributed by atoms with Gasteiger partial charge in [0.05, 0.1) is 29.6 Å². The molecule has 7 rings (SSSR count). The van der Waals surface area contributed by atoms with Gasteiger partial charge in [-0.25, -0.2) is 4.79 Å². The molecule has 0 saturated heterocycles. The number of phenols is 5. The number of phenolic OH excluding ortho intramolecular Hbond substituents is 5. The topological polar surface area (TPSA) is 225 Å². The fraction of sp³-hybridized carbons (Fsp3) is 0.242. The number of aromatic hydroxyl groups is 5. The van der Waals surface area contributed by atoms with Crippen LogP contribution in [0.5, 0.6) is 28.7 Å². The minimum atomic E-state index is -2.96. The van der Waals surface area contributed by atoms with Crippen molar-refractivity contribution in [3.05, 3.63) is 87.0 Å². The highest BCUT2D eigenvalue weighted by Gasteiger charge is 2.71. The van der Waals surface area contributed by atoms with Crippen LogP contribution in [-0.4, -0.2) is 72.6 Å². The molecule has 46 heavy (non-hydrogen) atoms. The first-order valence-electron chi connectivity index (χ1n) is 13.9. The molecule has 13 nitrogen and oxygen atoms in total. The Balaban J connectivity index is 1.62. The summed E-state index contributed by atoms with van der Waals surface area (Å²) >= 11 is 0. The van der Waals surface area contributed by atoms with E-state index in [4.69, 9.17) is 4.74 Å². The van der Waals surface area contributed by atoms with E-state index in [2.05, 4.69) is 4.74 Å². The monoisotopic (exact) mass is 630 g/mol. The fourth-order valence-corrected chi connectivity index (χ4v) is 7.08. The molecular formula is C33H26O13. The number of hydrogen-bond donors (Lipinski definition) is 6. The number of aliphatic hydroxyl groups is 1. The van der Waals surface area contributed by atoms with E-state index in [9.17, 15) is 54.6 Å². The Kier molecular flexibility index (Phi) is 6.53. The summed E-state index contributed by atoms with van der Waals surface area (Å²) in [5, 5.41) is 66.6. The normalized spacial score (nSPS) is 24.0. The average Bonchev–Trinajstić information content (AvgIpc) is 3.19. The lowest BCUT2D eigenvalue weighted by molar-refractivity contribution is -0.172. The van der Waals surface area contributed by atoms with E-state index in [1.807, 2.05) is 0 Å². The third kappa shape index (κ3) is 3.75. The predicted molar refractivity (Wildman–Crippen MR) is 154 cm³/mol. The maximum atomic E-state index is 14.3. The number of hydrogen-bond acceptors (Lipinski definition) is 13. The van der Waals surface area contributed by atoms with Crippen molar-refractivity contribution in [2.75, 3.05) is 7.11 Å². The van der Waals surface area contributed by atoms with Crippen molar-refractivity contribution >= 4 is 29.3 Å². The number of ketones is 3. The van der Waals surface area contributed by atoms with Gasteiger partial charge in [-0.2, -0.15) is 0 Å². The Labute approximate surface area is 259 Å². The minimum Gasteiger partial charge on any atom is -0.507 e. The second kappa shape index (κ2) is 9.91. The van der Waals surface area contributed by atoms with Gasteiger partial charge < -0.3 is 40.1 Å². The lowest BCUT2D eigenvalue weighted by atomic mass is 9.53. The number of allylic oxidation sites excluding steroid dienone is 1. The Morgan fingerprint density at radius 2 is 1.54 bits per heavy atom. The first-order valence-corrected chi connectivity index (χ1v) is 13.9. The number of Topliss-reactive ketones (excluding diaryl/α,β-unsaturated/α-hetero) is 2. The first kappa shape index (κ1) is 30.3. The molecule has 0 saturated carbocycles. The molecule has 4 aliphatic rings. The summed E-state index contributed by atoms with van der Waals surface area (Å²) < 4.78 is 10.3. The Bertz CT molecular complexity index is 1990. The molecular weight excluding hydrogens is 604 g/mol. The molecule has 3 aromatic rings. The zero-order chi connectivity index (χ0) is 33.6. The molecule has 6 N–H and O–H groups in total. The summed E-state index contributed by atoms with van der Waals surface area (Å²) in [6.07, 6.45) is 0.582. The average molecular weight is 631 g/mol. The van der Waals surface area contributed by atoms with E-state index in [1.54, 1.807) is 6.92 Å². The maximum Gasteiger partial charge on any atom is 0.342 e. The number of benzene rings is 3. The van der Waals surface area contributed by atoms with E-state index in [0.717, 1.165) is 32.2 Å². The number of aryl methyl sites for hydroxylation is 1. The van der Waals surface area contributed by atoms with Gasteiger partial charge in [-0.05, 0) is 48.7 Å². The predicted octanol–water partition coefficient (Wildman–Crippen LogP) is 2.54. The zero-order valence-electron chi connectivity index (χ0n) is 24.4. The van der Waals surface area contributed by atoms with Crippen LogP contribution < -0.4 is 0 Å². The number of carbonyl (C=O) groups is 5. The Hall–Kier alpha value is -5.69. The Morgan fingerprint density at radius 1 is 0.891 bits per heavy atom. The first-order chi connectivity index (χ1) is 21.6. The van der Waals surface area contributed by atoms with Gasteiger partial charge in [-0.3, -0.25) is 19.2 Å². The molecule has 0 aliphatic heterocycles. The standard InChI is InChI=1S/C33H26O13/c1-12-8-16-22(19(37)9-12)29(42)33(44)28(41)15-6-7-32(33,30(16)46-13(2)34)11-14-10-20(38)25(26(39)21(14)15)27(40)23-17(35)4-5-18(36)24(23)31(43)45-3/h4-10,15,30,35-39,44H,11H2,1-3H3/t15-,30-,32+,33?/m0/s1. The van der Waals surface area contributed by atoms with Gasteiger partial charge in [0.15, 0.2) is 11.4 Å². The Morgan fingerprint density at radius 3 is 2.17 bits per heavy atom. The van der Waals surface area contributed by atoms with Crippen molar-refractivity contribution in [3.63, 3.8) is 0 Å². The molecule has 236 valence electrons. The molecule has 1 spiro atoms. The zero-order valence-corrected chi connectivity index (χ0v) is 24.4. The van der Waals surface area contributed by atoms with Crippen molar-refractivity contribution < 1.29 is 64.1 Å². The van der Waals surface area contributed by atoms with E-state index >= 15 is 0 Å². The number of carbonyl (C=O) groups excluding carboxylic acids is 5. The van der Waals surface area contributed by atoms with E-state index in [-0.39, 0.29) is 16.7 Å². The van der Waals surface area contributed by atoms with E-state index in [0.29, 0.717) is 5.56 Å². The van der Waals surface area contributed by atoms with Gasteiger partial charge in [0.2, 0.25) is 11.6 Å². The van der Waals surface area contributed by atoms with Crippen molar-refractivity contribution in [1.29, 1.82) is 0 Å². The summed E-state index contributed by atoms with van der Waals surface area (Å²) in [4.78, 5) is 67.0. The fourth-order valence-electron chi connectivity index (χ4n) is 7.08. The van der Waals surface area contributed by atoms with Crippen LogP contribution in [0.1, 0.15) is 77.8 Å². The van der Waals surface area contributed by atoms with Gasteiger partial charge in [0, 0.05) is 18.1 Å². The van der Waals surface area contributed by atoms with Crippen LogP contribution in [0.15, 0.2) is 42.5 Å². The lowest BCUT2D eigenvalue weighted by Crippen LogP contribution is -2.66. The molecule has 13 heteroatoms. The second-order valence-corrected chi connectivity index (χ2v) is 11.6. The molecule has 3 aromatic carbocycles.